The first kappa shape index (κ1) is 15.9. The molecule has 0 saturated carbocycles. The molecule has 7 heteroatoms. The first-order valence-electron chi connectivity index (χ1n) is 7.55. The highest BCUT2D eigenvalue weighted by molar-refractivity contribution is 6.36. The number of aromatic nitrogens is 3. The molecule has 0 aliphatic rings. The maximum Gasteiger partial charge on any atom is 0.156 e. The number of hydrogen-bond donors (Lipinski definition) is 1. The number of halogens is 2. The number of para-hydroxylation sites is 1. The van der Waals surface area contributed by atoms with Gasteiger partial charge in [-0.3, -0.25) is 0 Å². The van der Waals surface area contributed by atoms with Gasteiger partial charge in [-0.25, -0.2) is 9.97 Å². The van der Waals surface area contributed by atoms with Crippen molar-refractivity contribution < 1.29 is 4.52 Å². The molecule has 0 aliphatic heterocycles. The van der Waals surface area contributed by atoms with Crippen molar-refractivity contribution in [3.8, 4) is 11.3 Å². The largest absolute Gasteiger partial charge is 0.362 e. The van der Waals surface area contributed by atoms with Crippen LogP contribution in [0.25, 0.3) is 22.2 Å². The molecule has 4 aromatic rings. The van der Waals surface area contributed by atoms with Gasteiger partial charge in [-0.2, -0.15) is 0 Å². The highest BCUT2D eigenvalue weighted by Crippen LogP contribution is 2.30. The summed E-state index contributed by atoms with van der Waals surface area (Å²) < 4.78 is 5.39. The Bertz CT molecular complexity index is 1040. The Morgan fingerprint density at radius 1 is 1.00 bits per heavy atom. The predicted octanol–water partition coefficient (Wildman–Crippen LogP) is 5.20. The second-order valence-corrected chi connectivity index (χ2v) is 6.24. The van der Waals surface area contributed by atoms with Crippen LogP contribution in [0.5, 0.6) is 0 Å². The molecule has 0 spiro atoms. The number of rotatable bonds is 4. The highest BCUT2D eigenvalue weighted by atomic mass is 35.5. The van der Waals surface area contributed by atoms with Crippen molar-refractivity contribution in [2.75, 3.05) is 5.32 Å². The van der Waals surface area contributed by atoms with E-state index in [4.69, 9.17) is 27.7 Å². The fourth-order valence-corrected chi connectivity index (χ4v) is 3.04. The molecule has 2 aromatic carbocycles. The van der Waals surface area contributed by atoms with E-state index >= 15 is 0 Å². The molecule has 25 heavy (non-hydrogen) atoms. The van der Waals surface area contributed by atoms with Crippen LogP contribution in [0.15, 0.2) is 59.4 Å². The molecular formula is C18H12Cl2N4O. The second kappa shape index (κ2) is 6.70. The third-order valence-corrected chi connectivity index (χ3v) is 4.29. The summed E-state index contributed by atoms with van der Waals surface area (Å²) in [4.78, 5) is 8.54. The summed E-state index contributed by atoms with van der Waals surface area (Å²) in [5.41, 5.74) is 2.31. The van der Waals surface area contributed by atoms with Crippen molar-refractivity contribution >= 4 is 39.9 Å². The van der Waals surface area contributed by atoms with Gasteiger partial charge in [0.2, 0.25) is 0 Å². The standard InChI is InChI=1S/C18H12Cl2N4O/c19-11-5-6-13(15(20)7-11)17-8-12(25-24-17)9-21-18-14-3-1-2-4-16(14)22-10-23-18/h1-8,10H,9H2,(H,21,22,23). The number of benzene rings is 2. The van der Waals surface area contributed by atoms with Crippen molar-refractivity contribution in [3.63, 3.8) is 0 Å². The normalized spacial score (nSPS) is 11.0. The van der Waals surface area contributed by atoms with Gasteiger partial charge in [-0.05, 0) is 30.3 Å². The van der Waals surface area contributed by atoms with Gasteiger partial charge in [0, 0.05) is 22.0 Å². The molecule has 2 aromatic heterocycles. The maximum atomic E-state index is 6.21. The molecule has 0 fully saturated rings. The van der Waals surface area contributed by atoms with Crippen molar-refractivity contribution in [3.05, 3.63) is 70.7 Å². The van der Waals surface area contributed by atoms with Crippen LogP contribution >= 0.6 is 23.2 Å². The Balaban J connectivity index is 1.55. The van der Waals surface area contributed by atoms with Crippen molar-refractivity contribution in [2.45, 2.75) is 6.54 Å². The predicted molar refractivity (Wildman–Crippen MR) is 98.8 cm³/mol. The van der Waals surface area contributed by atoms with E-state index in [1.807, 2.05) is 36.4 Å². The van der Waals surface area contributed by atoms with Crippen molar-refractivity contribution in [1.82, 2.24) is 15.1 Å². The molecule has 2 heterocycles. The molecular weight excluding hydrogens is 359 g/mol. The Hall–Kier alpha value is -2.63. The van der Waals surface area contributed by atoms with Crippen LogP contribution in [0, 0.1) is 0 Å². The SMILES string of the molecule is Clc1ccc(-c2cc(CNc3ncnc4ccccc34)on2)c(Cl)c1. The first-order valence-corrected chi connectivity index (χ1v) is 8.31. The number of nitrogens with zero attached hydrogens (tertiary/aromatic N) is 3. The Kier molecular flexibility index (Phi) is 4.26. The van der Waals surface area contributed by atoms with Crippen LogP contribution < -0.4 is 5.32 Å². The van der Waals surface area contributed by atoms with Gasteiger partial charge < -0.3 is 9.84 Å². The van der Waals surface area contributed by atoms with E-state index in [0.717, 1.165) is 22.3 Å². The average Bonchev–Trinajstić information content (AvgIpc) is 3.08. The van der Waals surface area contributed by atoms with Crippen LogP contribution in [0.1, 0.15) is 5.76 Å². The van der Waals surface area contributed by atoms with E-state index in [0.29, 0.717) is 28.0 Å². The zero-order valence-electron chi connectivity index (χ0n) is 12.9. The molecule has 0 atom stereocenters. The van der Waals surface area contributed by atoms with Gasteiger partial charge in [-0.1, -0.05) is 40.5 Å². The zero-order chi connectivity index (χ0) is 17.2. The molecule has 0 amide bonds. The lowest BCUT2D eigenvalue weighted by atomic mass is 10.1. The average molecular weight is 371 g/mol. The first-order chi connectivity index (χ1) is 12.2. The van der Waals surface area contributed by atoms with Crippen LogP contribution in [0.3, 0.4) is 0 Å². The van der Waals surface area contributed by atoms with Gasteiger partial charge in [0.15, 0.2) is 5.76 Å². The Morgan fingerprint density at radius 2 is 1.88 bits per heavy atom. The lowest BCUT2D eigenvalue weighted by Crippen LogP contribution is -2.01. The molecule has 5 nitrogen and oxygen atoms in total. The molecule has 0 radical (unpaired) electrons. The van der Waals surface area contributed by atoms with Crippen LogP contribution in [-0.2, 0) is 6.54 Å². The van der Waals surface area contributed by atoms with Gasteiger partial charge in [0.25, 0.3) is 0 Å². The minimum absolute atomic E-state index is 0.444. The lowest BCUT2D eigenvalue weighted by molar-refractivity contribution is 0.390. The zero-order valence-corrected chi connectivity index (χ0v) is 14.4. The molecule has 124 valence electrons. The minimum atomic E-state index is 0.444. The third kappa shape index (κ3) is 3.29. The lowest BCUT2D eigenvalue weighted by Gasteiger charge is -2.05. The van der Waals surface area contributed by atoms with Gasteiger partial charge >= 0.3 is 0 Å². The van der Waals surface area contributed by atoms with Gasteiger partial charge in [-0.15, -0.1) is 0 Å². The topological polar surface area (TPSA) is 63.8 Å². The highest BCUT2D eigenvalue weighted by Gasteiger charge is 2.11. The van der Waals surface area contributed by atoms with E-state index in [9.17, 15) is 0 Å². The summed E-state index contributed by atoms with van der Waals surface area (Å²) in [6, 6.07) is 14.9. The number of nitrogens with one attached hydrogen (secondary N) is 1. The van der Waals surface area contributed by atoms with Crippen LogP contribution in [0.2, 0.25) is 10.0 Å². The second-order valence-electron chi connectivity index (χ2n) is 5.40. The van der Waals surface area contributed by atoms with E-state index < -0.39 is 0 Å². The smallest absolute Gasteiger partial charge is 0.156 e. The number of hydrogen-bond acceptors (Lipinski definition) is 5. The summed E-state index contributed by atoms with van der Waals surface area (Å²) >= 11 is 12.1. The summed E-state index contributed by atoms with van der Waals surface area (Å²) in [7, 11) is 0. The number of anilines is 1. The molecule has 0 aliphatic carbocycles. The fraction of sp³-hybridized carbons (Fsp3) is 0.0556. The summed E-state index contributed by atoms with van der Waals surface area (Å²) in [6.07, 6.45) is 1.53. The summed E-state index contributed by atoms with van der Waals surface area (Å²) in [6.45, 7) is 0.444. The molecule has 1 N–H and O–H groups in total. The third-order valence-electron chi connectivity index (χ3n) is 3.74. The Morgan fingerprint density at radius 3 is 2.76 bits per heavy atom. The quantitative estimate of drug-likeness (QED) is 0.534. The minimum Gasteiger partial charge on any atom is -0.362 e. The van der Waals surface area contributed by atoms with E-state index in [1.165, 1.54) is 6.33 Å². The van der Waals surface area contributed by atoms with Crippen LogP contribution in [-0.4, -0.2) is 15.1 Å². The molecule has 4 rings (SSSR count). The molecule has 0 saturated heterocycles. The van der Waals surface area contributed by atoms with Crippen molar-refractivity contribution in [2.24, 2.45) is 0 Å². The van der Waals surface area contributed by atoms with Gasteiger partial charge in [0.05, 0.1) is 17.1 Å². The van der Waals surface area contributed by atoms with E-state index in [-0.39, 0.29) is 0 Å². The monoisotopic (exact) mass is 370 g/mol. The van der Waals surface area contributed by atoms with Gasteiger partial charge in [0.1, 0.15) is 17.8 Å². The Labute approximate surface area is 153 Å². The van der Waals surface area contributed by atoms with Crippen molar-refractivity contribution in [1.29, 1.82) is 0 Å². The molecule has 0 bridgehead atoms. The van der Waals surface area contributed by atoms with E-state index in [2.05, 4.69) is 20.4 Å². The number of fused-ring (bicyclic) bond motifs is 1. The molecule has 0 unspecified atom stereocenters. The van der Waals surface area contributed by atoms with Crippen LogP contribution in [0.4, 0.5) is 5.82 Å². The van der Waals surface area contributed by atoms with E-state index in [1.54, 1.807) is 12.1 Å². The summed E-state index contributed by atoms with van der Waals surface area (Å²) in [5.74, 6) is 1.41. The summed E-state index contributed by atoms with van der Waals surface area (Å²) in [5, 5.41) is 9.39. The maximum absolute atomic E-state index is 6.21. The fourth-order valence-electron chi connectivity index (χ4n) is 2.54.